The Morgan fingerprint density at radius 3 is 2.07 bits per heavy atom. The summed E-state index contributed by atoms with van der Waals surface area (Å²) in [6.45, 7) is 6.82. The lowest BCUT2D eigenvalue weighted by Crippen LogP contribution is -2.52. The van der Waals surface area contributed by atoms with Gasteiger partial charge in [-0.1, -0.05) is 20.8 Å². The van der Waals surface area contributed by atoms with Crippen molar-refractivity contribution in [2.24, 2.45) is 11.1 Å². The largest absolute Gasteiger partial charge is 0.377 e. The maximum atomic E-state index is 6.16. The van der Waals surface area contributed by atoms with Gasteiger partial charge in [0.25, 0.3) is 0 Å². The summed E-state index contributed by atoms with van der Waals surface area (Å²) in [7, 11) is 1.81. The van der Waals surface area contributed by atoms with E-state index in [1.807, 2.05) is 7.11 Å². The lowest BCUT2D eigenvalue weighted by molar-refractivity contribution is -0.0788. The maximum absolute atomic E-state index is 6.16. The molecule has 0 unspecified atom stereocenters. The molecule has 0 aromatic rings. The standard InChI is InChI=1S/C12H25NO/c1-5-10(13)12(14-4)8-6-11(2,3)7-9-12/h10H,5-9,13H2,1-4H3/t10-/m1/s1. The fourth-order valence-corrected chi connectivity index (χ4v) is 2.45. The Bertz CT molecular complexity index is 179. The first-order chi connectivity index (χ1) is 6.46. The Labute approximate surface area is 88.2 Å². The summed E-state index contributed by atoms with van der Waals surface area (Å²) in [6.07, 6.45) is 5.70. The quantitative estimate of drug-likeness (QED) is 0.758. The molecule has 0 saturated heterocycles. The molecule has 2 heteroatoms. The smallest absolute Gasteiger partial charge is 0.0829 e. The second kappa shape index (κ2) is 4.19. The predicted octanol–water partition coefficient (Wildman–Crippen LogP) is 2.71. The van der Waals surface area contributed by atoms with Crippen molar-refractivity contribution < 1.29 is 4.74 Å². The van der Waals surface area contributed by atoms with E-state index in [4.69, 9.17) is 10.5 Å². The molecule has 1 rings (SSSR count). The number of nitrogens with two attached hydrogens (primary N) is 1. The van der Waals surface area contributed by atoms with Crippen LogP contribution in [0.3, 0.4) is 0 Å². The van der Waals surface area contributed by atoms with E-state index >= 15 is 0 Å². The summed E-state index contributed by atoms with van der Waals surface area (Å²) in [5, 5.41) is 0. The van der Waals surface area contributed by atoms with E-state index in [1.165, 1.54) is 12.8 Å². The minimum absolute atomic E-state index is 0.0374. The van der Waals surface area contributed by atoms with Gasteiger partial charge >= 0.3 is 0 Å². The van der Waals surface area contributed by atoms with Crippen LogP contribution in [0.4, 0.5) is 0 Å². The van der Waals surface area contributed by atoms with Crippen LogP contribution in [0.2, 0.25) is 0 Å². The van der Waals surface area contributed by atoms with E-state index in [1.54, 1.807) is 0 Å². The molecule has 1 aliphatic rings. The normalized spacial score (nSPS) is 27.2. The lowest BCUT2D eigenvalue weighted by atomic mass is 9.68. The van der Waals surface area contributed by atoms with Gasteiger partial charge in [0.2, 0.25) is 0 Å². The molecule has 1 atom stereocenters. The minimum atomic E-state index is -0.0374. The summed E-state index contributed by atoms with van der Waals surface area (Å²) in [4.78, 5) is 0. The molecular formula is C12H25NO. The molecule has 0 aliphatic heterocycles. The third kappa shape index (κ3) is 2.29. The van der Waals surface area contributed by atoms with Crippen LogP contribution >= 0.6 is 0 Å². The van der Waals surface area contributed by atoms with E-state index < -0.39 is 0 Å². The molecular weight excluding hydrogens is 174 g/mol. The second-order valence-corrected chi connectivity index (χ2v) is 5.45. The van der Waals surface area contributed by atoms with E-state index in [9.17, 15) is 0 Å². The number of hydrogen-bond acceptors (Lipinski definition) is 2. The van der Waals surface area contributed by atoms with Crippen LogP contribution in [0.15, 0.2) is 0 Å². The molecule has 1 saturated carbocycles. The summed E-state index contributed by atoms with van der Waals surface area (Å²) < 4.78 is 5.70. The molecule has 1 aliphatic carbocycles. The van der Waals surface area contributed by atoms with Gasteiger partial charge < -0.3 is 10.5 Å². The summed E-state index contributed by atoms with van der Waals surface area (Å²) >= 11 is 0. The first kappa shape index (κ1) is 12.0. The van der Waals surface area contributed by atoms with Crippen LogP contribution in [0, 0.1) is 5.41 Å². The van der Waals surface area contributed by atoms with Crippen molar-refractivity contribution in [3.05, 3.63) is 0 Å². The molecule has 0 bridgehead atoms. The van der Waals surface area contributed by atoms with Crippen LogP contribution in [-0.4, -0.2) is 18.8 Å². The summed E-state index contributed by atoms with van der Waals surface area (Å²) in [5.74, 6) is 0. The zero-order valence-electron chi connectivity index (χ0n) is 10.1. The molecule has 1 fully saturated rings. The molecule has 84 valence electrons. The highest BCUT2D eigenvalue weighted by Gasteiger charge is 2.41. The van der Waals surface area contributed by atoms with E-state index in [2.05, 4.69) is 20.8 Å². The van der Waals surface area contributed by atoms with Crippen molar-refractivity contribution in [2.45, 2.75) is 64.5 Å². The van der Waals surface area contributed by atoms with Crippen molar-refractivity contribution in [1.29, 1.82) is 0 Å². The highest BCUT2D eigenvalue weighted by atomic mass is 16.5. The molecule has 0 radical (unpaired) electrons. The Kier molecular flexibility index (Phi) is 3.59. The molecule has 0 amide bonds. The van der Waals surface area contributed by atoms with Crippen molar-refractivity contribution in [1.82, 2.24) is 0 Å². The van der Waals surface area contributed by atoms with Crippen LogP contribution < -0.4 is 5.73 Å². The Morgan fingerprint density at radius 2 is 1.71 bits per heavy atom. The van der Waals surface area contributed by atoms with E-state index in [0.29, 0.717) is 5.41 Å². The van der Waals surface area contributed by atoms with Gasteiger partial charge in [0.1, 0.15) is 0 Å². The number of methoxy groups -OCH3 is 1. The SMILES string of the molecule is CC[C@@H](N)C1(OC)CCC(C)(C)CC1. The van der Waals surface area contributed by atoms with Gasteiger partial charge in [-0.25, -0.2) is 0 Å². The molecule has 14 heavy (non-hydrogen) atoms. The fraction of sp³-hybridized carbons (Fsp3) is 1.00. The van der Waals surface area contributed by atoms with Crippen molar-refractivity contribution >= 4 is 0 Å². The molecule has 0 aromatic carbocycles. The van der Waals surface area contributed by atoms with Gasteiger partial charge in [0.05, 0.1) is 5.60 Å². The molecule has 2 N–H and O–H groups in total. The predicted molar refractivity (Wildman–Crippen MR) is 60.3 cm³/mol. The van der Waals surface area contributed by atoms with Crippen molar-refractivity contribution in [3.63, 3.8) is 0 Å². The third-order valence-corrected chi connectivity index (χ3v) is 3.97. The highest BCUT2D eigenvalue weighted by Crippen LogP contribution is 2.43. The Hall–Kier alpha value is -0.0800. The van der Waals surface area contributed by atoms with Crippen LogP contribution in [0.1, 0.15) is 52.9 Å². The first-order valence-electron chi connectivity index (χ1n) is 5.76. The molecule has 0 spiro atoms. The highest BCUT2D eigenvalue weighted by molar-refractivity contribution is 4.96. The second-order valence-electron chi connectivity index (χ2n) is 5.45. The topological polar surface area (TPSA) is 35.2 Å². The van der Waals surface area contributed by atoms with Crippen molar-refractivity contribution in [2.75, 3.05) is 7.11 Å². The fourth-order valence-electron chi connectivity index (χ4n) is 2.45. The minimum Gasteiger partial charge on any atom is -0.377 e. The zero-order chi connectivity index (χ0) is 10.8. The average molecular weight is 199 g/mol. The lowest BCUT2D eigenvalue weighted by Gasteiger charge is -2.45. The summed E-state index contributed by atoms with van der Waals surface area (Å²) in [6, 6.07) is 0.198. The maximum Gasteiger partial charge on any atom is 0.0829 e. The van der Waals surface area contributed by atoms with Gasteiger partial charge in [0.15, 0.2) is 0 Å². The molecule has 0 aromatic heterocycles. The summed E-state index contributed by atoms with van der Waals surface area (Å²) in [5.41, 5.74) is 6.60. The number of ether oxygens (including phenoxy) is 1. The Balaban J connectivity index is 2.66. The van der Waals surface area contributed by atoms with Crippen molar-refractivity contribution in [3.8, 4) is 0 Å². The van der Waals surface area contributed by atoms with Gasteiger partial charge in [0, 0.05) is 13.2 Å². The van der Waals surface area contributed by atoms with E-state index in [-0.39, 0.29) is 11.6 Å². The third-order valence-electron chi connectivity index (χ3n) is 3.97. The van der Waals surface area contributed by atoms with Gasteiger partial charge in [-0.15, -0.1) is 0 Å². The van der Waals surface area contributed by atoms with E-state index in [0.717, 1.165) is 19.3 Å². The van der Waals surface area contributed by atoms with Crippen LogP contribution in [0.25, 0.3) is 0 Å². The van der Waals surface area contributed by atoms with Crippen LogP contribution in [-0.2, 0) is 4.74 Å². The van der Waals surface area contributed by atoms with Gasteiger partial charge in [-0.3, -0.25) is 0 Å². The average Bonchev–Trinajstić information content (AvgIpc) is 2.18. The first-order valence-corrected chi connectivity index (χ1v) is 5.76. The number of rotatable bonds is 3. The molecule has 2 nitrogen and oxygen atoms in total. The molecule has 0 heterocycles. The van der Waals surface area contributed by atoms with Gasteiger partial charge in [-0.2, -0.15) is 0 Å². The number of hydrogen-bond donors (Lipinski definition) is 1. The monoisotopic (exact) mass is 199 g/mol. The van der Waals surface area contributed by atoms with Crippen LogP contribution in [0.5, 0.6) is 0 Å². The van der Waals surface area contributed by atoms with Gasteiger partial charge in [-0.05, 0) is 37.5 Å². The zero-order valence-corrected chi connectivity index (χ0v) is 10.1. The Morgan fingerprint density at radius 1 is 1.21 bits per heavy atom.